The number of carbonyl (C=O) groups excluding carboxylic acids is 2. The normalized spacial score (nSPS) is 13.8. The maximum Gasteiger partial charge on any atom is 0.326 e. The third-order valence-corrected chi connectivity index (χ3v) is 4.97. The zero-order valence-electron chi connectivity index (χ0n) is 18.3. The van der Waals surface area contributed by atoms with Crippen molar-refractivity contribution in [3.63, 3.8) is 0 Å². The topological polar surface area (TPSA) is 142 Å². The molecular weight excluding hydrogens is 410 g/mol. The van der Waals surface area contributed by atoms with Crippen molar-refractivity contribution < 1.29 is 24.6 Å². The van der Waals surface area contributed by atoms with E-state index in [1.54, 1.807) is 36.4 Å². The van der Waals surface area contributed by atoms with E-state index in [-0.39, 0.29) is 24.5 Å². The van der Waals surface area contributed by atoms with Gasteiger partial charge in [-0.1, -0.05) is 56.3 Å². The minimum atomic E-state index is -1.15. The molecule has 2 amide bonds. The molecular formula is C24H31N3O5. The summed E-state index contributed by atoms with van der Waals surface area (Å²) in [5.41, 5.74) is 7.56. The Morgan fingerprint density at radius 1 is 0.844 bits per heavy atom. The van der Waals surface area contributed by atoms with Crippen LogP contribution in [0.2, 0.25) is 0 Å². The lowest BCUT2D eigenvalue weighted by Gasteiger charge is -2.24. The summed E-state index contributed by atoms with van der Waals surface area (Å²) in [4.78, 5) is 37.2. The fraction of sp³-hybridized carbons (Fsp3) is 0.375. The molecule has 0 aromatic heterocycles. The van der Waals surface area contributed by atoms with E-state index in [0.717, 1.165) is 11.1 Å². The maximum absolute atomic E-state index is 12.9. The highest BCUT2D eigenvalue weighted by Crippen LogP contribution is 2.12. The monoisotopic (exact) mass is 441 g/mol. The Morgan fingerprint density at radius 2 is 1.41 bits per heavy atom. The van der Waals surface area contributed by atoms with Gasteiger partial charge in [0.2, 0.25) is 11.8 Å². The third kappa shape index (κ3) is 8.03. The Kier molecular flexibility index (Phi) is 9.22. The average molecular weight is 442 g/mol. The molecule has 32 heavy (non-hydrogen) atoms. The fourth-order valence-electron chi connectivity index (χ4n) is 3.28. The second-order valence-corrected chi connectivity index (χ2v) is 8.26. The molecule has 2 rings (SSSR count). The first kappa shape index (κ1) is 24.9. The van der Waals surface area contributed by atoms with Gasteiger partial charge in [0, 0.05) is 6.42 Å². The second kappa shape index (κ2) is 11.9. The van der Waals surface area contributed by atoms with Crippen molar-refractivity contribution in [3.8, 4) is 5.75 Å². The summed E-state index contributed by atoms with van der Waals surface area (Å²) in [5, 5.41) is 24.2. The molecule has 172 valence electrons. The highest BCUT2D eigenvalue weighted by atomic mass is 16.4. The Bertz CT molecular complexity index is 900. The number of aromatic hydroxyl groups is 1. The van der Waals surface area contributed by atoms with Crippen LogP contribution in [0.5, 0.6) is 5.75 Å². The summed E-state index contributed by atoms with van der Waals surface area (Å²) >= 11 is 0. The van der Waals surface area contributed by atoms with Crippen LogP contribution in [0, 0.1) is 5.92 Å². The van der Waals surface area contributed by atoms with E-state index < -0.39 is 35.9 Å². The Balaban J connectivity index is 2.04. The minimum absolute atomic E-state index is 0.0803. The van der Waals surface area contributed by atoms with Crippen molar-refractivity contribution in [2.75, 3.05) is 0 Å². The molecule has 8 nitrogen and oxygen atoms in total. The maximum atomic E-state index is 12.9. The van der Waals surface area contributed by atoms with Crippen molar-refractivity contribution in [2.24, 2.45) is 11.7 Å². The number of hydrogen-bond donors (Lipinski definition) is 5. The molecule has 0 fully saturated rings. The number of carboxylic acids is 1. The van der Waals surface area contributed by atoms with Crippen molar-refractivity contribution >= 4 is 17.8 Å². The fourth-order valence-corrected chi connectivity index (χ4v) is 3.28. The zero-order valence-corrected chi connectivity index (χ0v) is 18.3. The predicted octanol–water partition coefficient (Wildman–Crippen LogP) is 1.61. The Labute approximate surface area is 187 Å². The minimum Gasteiger partial charge on any atom is -0.508 e. The van der Waals surface area contributed by atoms with E-state index in [2.05, 4.69) is 10.6 Å². The molecule has 0 saturated heterocycles. The first-order valence-electron chi connectivity index (χ1n) is 10.6. The van der Waals surface area contributed by atoms with E-state index in [4.69, 9.17) is 5.73 Å². The molecule has 2 aromatic carbocycles. The summed E-state index contributed by atoms with van der Waals surface area (Å²) in [6.45, 7) is 3.81. The number of carboxylic acid groups (broad SMARTS) is 1. The van der Waals surface area contributed by atoms with Crippen LogP contribution < -0.4 is 16.4 Å². The number of aliphatic carboxylic acids is 1. The van der Waals surface area contributed by atoms with Crippen LogP contribution in [0.25, 0.3) is 0 Å². The molecule has 0 aliphatic heterocycles. The summed E-state index contributed by atoms with van der Waals surface area (Å²) in [6.07, 6.45) is 0.694. The molecule has 0 unspecified atom stereocenters. The predicted molar refractivity (Wildman–Crippen MR) is 121 cm³/mol. The lowest BCUT2D eigenvalue weighted by atomic mass is 10.00. The average Bonchev–Trinajstić information content (AvgIpc) is 2.74. The number of nitrogens with one attached hydrogen (secondary N) is 2. The summed E-state index contributed by atoms with van der Waals surface area (Å²) in [6, 6.07) is 12.4. The summed E-state index contributed by atoms with van der Waals surface area (Å²) < 4.78 is 0. The van der Waals surface area contributed by atoms with Crippen LogP contribution in [0.15, 0.2) is 54.6 Å². The highest BCUT2D eigenvalue weighted by molar-refractivity contribution is 5.91. The van der Waals surface area contributed by atoms with Crippen LogP contribution in [0.1, 0.15) is 31.4 Å². The number of phenols is 1. The van der Waals surface area contributed by atoms with Gasteiger partial charge in [-0.2, -0.15) is 0 Å². The molecule has 0 saturated carbocycles. The smallest absolute Gasteiger partial charge is 0.326 e. The second-order valence-electron chi connectivity index (χ2n) is 8.26. The molecule has 0 heterocycles. The summed E-state index contributed by atoms with van der Waals surface area (Å²) in [5.74, 6) is -2.03. The number of amides is 2. The Hall–Kier alpha value is -3.39. The number of hydrogen-bond acceptors (Lipinski definition) is 5. The van der Waals surface area contributed by atoms with Gasteiger partial charge in [-0.25, -0.2) is 4.79 Å². The molecule has 0 spiro atoms. The van der Waals surface area contributed by atoms with Gasteiger partial charge in [-0.3, -0.25) is 9.59 Å². The molecule has 0 radical (unpaired) electrons. The number of carbonyl (C=O) groups is 3. The molecule has 2 aromatic rings. The van der Waals surface area contributed by atoms with Crippen molar-refractivity contribution in [1.82, 2.24) is 10.6 Å². The number of benzene rings is 2. The molecule has 8 heteroatoms. The van der Waals surface area contributed by atoms with Gasteiger partial charge in [0.15, 0.2) is 0 Å². The third-order valence-electron chi connectivity index (χ3n) is 4.97. The van der Waals surface area contributed by atoms with Gasteiger partial charge >= 0.3 is 5.97 Å². The van der Waals surface area contributed by atoms with Crippen LogP contribution in [0.3, 0.4) is 0 Å². The largest absolute Gasteiger partial charge is 0.508 e. The molecule has 0 aliphatic rings. The van der Waals surface area contributed by atoms with Gasteiger partial charge in [0.05, 0.1) is 6.04 Å². The zero-order chi connectivity index (χ0) is 23.7. The van der Waals surface area contributed by atoms with Crippen LogP contribution in [-0.2, 0) is 27.2 Å². The van der Waals surface area contributed by atoms with Crippen molar-refractivity contribution in [2.45, 2.75) is 51.2 Å². The molecule has 0 aliphatic carbocycles. The van der Waals surface area contributed by atoms with Crippen molar-refractivity contribution in [3.05, 3.63) is 65.7 Å². The number of nitrogens with two attached hydrogens (primary N) is 1. The lowest BCUT2D eigenvalue weighted by Crippen LogP contribution is -2.55. The van der Waals surface area contributed by atoms with Crippen molar-refractivity contribution in [1.29, 1.82) is 0 Å². The molecule has 0 bridgehead atoms. The summed E-state index contributed by atoms with van der Waals surface area (Å²) in [7, 11) is 0. The van der Waals surface area contributed by atoms with Crippen LogP contribution >= 0.6 is 0 Å². The van der Waals surface area contributed by atoms with Crippen LogP contribution in [0.4, 0.5) is 0 Å². The van der Waals surface area contributed by atoms with E-state index in [1.807, 2.05) is 19.9 Å². The van der Waals surface area contributed by atoms with Gasteiger partial charge in [-0.15, -0.1) is 0 Å². The van der Waals surface area contributed by atoms with Crippen LogP contribution in [-0.4, -0.2) is 46.1 Å². The molecule has 3 atom stereocenters. The molecule has 6 N–H and O–H groups in total. The first-order valence-corrected chi connectivity index (χ1v) is 10.6. The standard InChI is InChI=1S/C24H31N3O5/c1-15(2)12-20(26-22(29)19(25)13-17-8-10-18(28)11-9-17)23(30)27-21(24(31)32)14-16-6-4-3-5-7-16/h3-11,15,19-21,28H,12-14,25H2,1-2H3,(H,26,29)(H,27,30)(H,31,32)/t19-,20-,21-/m0/s1. The van der Waals surface area contributed by atoms with E-state index >= 15 is 0 Å². The Morgan fingerprint density at radius 3 is 1.97 bits per heavy atom. The van der Waals surface area contributed by atoms with Gasteiger partial charge < -0.3 is 26.6 Å². The number of phenolic OH excluding ortho intramolecular Hbond substituents is 1. The van der Waals surface area contributed by atoms with E-state index in [0.29, 0.717) is 6.42 Å². The van der Waals surface area contributed by atoms with E-state index in [1.165, 1.54) is 12.1 Å². The highest BCUT2D eigenvalue weighted by Gasteiger charge is 2.28. The number of rotatable bonds is 11. The van der Waals surface area contributed by atoms with E-state index in [9.17, 15) is 24.6 Å². The first-order chi connectivity index (χ1) is 15.2. The lowest BCUT2D eigenvalue weighted by molar-refractivity contribution is -0.142. The SMILES string of the molecule is CC(C)C[C@H](NC(=O)[C@@H](N)Cc1ccc(O)cc1)C(=O)N[C@@H](Cc1ccccc1)C(=O)O. The van der Waals surface area contributed by atoms with Gasteiger partial charge in [0.25, 0.3) is 0 Å². The van der Waals surface area contributed by atoms with Gasteiger partial charge in [-0.05, 0) is 42.0 Å². The quantitative estimate of drug-likeness (QED) is 0.359. The van der Waals surface area contributed by atoms with Gasteiger partial charge in [0.1, 0.15) is 17.8 Å².